The molecule has 2 rings (SSSR count). The number of fused-ring (bicyclic) bond motifs is 1. The summed E-state index contributed by atoms with van der Waals surface area (Å²) in [5.74, 6) is 0. The first-order valence-corrected chi connectivity index (χ1v) is 5.01. The number of nitrogens with one attached hydrogen (secondary N) is 1. The number of para-hydroxylation sites is 1. The van der Waals surface area contributed by atoms with Crippen molar-refractivity contribution in [2.75, 3.05) is 0 Å². The Labute approximate surface area is 87.9 Å². The molecule has 1 aromatic carbocycles. The van der Waals surface area contributed by atoms with Crippen LogP contribution >= 0.6 is 12.2 Å². The van der Waals surface area contributed by atoms with Crippen LogP contribution in [0.25, 0.3) is 11.1 Å². The van der Waals surface area contributed by atoms with Crippen LogP contribution in [0.4, 0.5) is 0 Å². The number of benzene rings is 1. The lowest BCUT2D eigenvalue weighted by Gasteiger charge is -2.18. The summed E-state index contributed by atoms with van der Waals surface area (Å²) >= 11 is 4.97. The monoisotopic (exact) mass is 207 g/mol. The van der Waals surface area contributed by atoms with Gasteiger partial charge in [0.25, 0.3) is 4.84 Å². The largest absolute Gasteiger partial charge is 0.429 e. The molecule has 3 heteroatoms. The van der Waals surface area contributed by atoms with Crippen LogP contribution < -0.4 is 0 Å². The molecule has 0 aliphatic rings. The van der Waals surface area contributed by atoms with Crippen molar-refractivity contribution in [2.45, 2.75) is 26.2 Å². The number of aromatic amines is 1. The molecule has 0 unspecified atom stereocenters. The topological polar surface area (TPSA) is 28.9 Å². The van der Waals surface area contributed by atoms with Gasteiger partial charge in [-0.1, -0.05) is 32.9 Å². The smallest absolute Gasteiger partial charge is 0.266 e. The molecule has 0 aliphatic carbocycles. The predicted molar refractivity (Wildman–Crippen MR) is 60.1 cm³/mol. The first-order chi connectivity index (χ1) is 6.48. The van der Waals surface area contributed by atoms with Gasteiger partial charge in [0.1, 0.15) is 0 Å². The van der Waals surface area contributed by atoms with Crippen molar-refractivity contribution in [1.29, 1.82) is 0 Å². The minimum absolute atomic E-state index is 0.0989. The lowest BCUT2D eigenvalue weighted by molar-refractivity contribution is 0.582. The molecule has 0 amide bonds. The van der Waals surface area contributed by atoms with Crippen molar-refractivity contribution in [3.05, 3.63) is 28.6 Å². The van der Waals surface area contributed by atoms with E-state index in [0.717, 1.165) is 11.1 Å². The number of rotatable bonds is 0. The molecule has 0 fully saturated rings. The van der Waals surface area contributed by atoms with E-state index in [0.29, 0.717) is 4.84 Å². The third kappa shape index (κ3) is 1.48. The van der Waals surface area contributed by atoms with Crippen molar-refractivity contribution in [2.24, 2.45) is 0 Å². The Bertz CT molecular complexity index is 516. The highest BCUT2D eigenvalue weighted by Gasteiger charge is 2.18. The van der Waals surface area contributed by atoms with Crippen LogP contribution in [0.1, 0.15) is 26.3 Å². The van der Waals surface area contributed by atoms with Gasteiger partial charge in [0.05, 0.1) is 5.52 Å². The maximum Gasteiger partial charge on any atom is 0.266 e. The van der Waals surface area contributed by atoms with E-state index in [1.54, 1.807) is 0 Å². The molecule has 1 aromatic heterocycles. The molecular weight excluding hydrogens is 194 g/mol. The van der Waals surface area contributed by atoms with Crippen LogP contribution in [0.3, 0.4) is 0 Å². The molecule has 0 atom stereocenters. The minimum Gasteiger partial charge on any atom is -0.429 e. The number of H-pyrrole nitrogens is 1. The molecule has 74 valence electrons. The van der Waals surface area contributed by atoms with Crippen LogP contribution in [-0.2, 0) is 5.41 Å². The average molecular weight is 207 g/mol. The fourth-order valence-corrected chi connectivity index (χ4v) is 1.79. The van der Waals surface area contributed by atoms with E-state index < -0.39 is 0 Å². The quantitative estimate of drug-likeness (QED) is 0.666. The average Bonchev–Trinajstić information content (AvgIpc) is 2.41. The lowest BCUT2D eigenvalue weighted by Crippen LogP contribution is -2.11. The number of aromatic nitrogens is 1. The highest BCUT2D eigenvalue weighted by atomic mass is 32.1. The normalized spacial score (nSPS) is 12.2. The molecule has 1 N–H and O–H groups in total. The zero-order valence-electron chi connectivity index (χ0n) is 8.55. The van der Waals surface area contributed by atoms with Gasteiger partial charge in [0, 0.05) is 0 Å². The minimum atomic E-state index is 0.0989. The second-order valence-corrected chi connectivity index (χ2v) is 4.81. The first-order valence-electron chi connectivity index (χ1n) is 4.61. The van der Waals surface area contributed by atoms with Crippen LogP contribution in [0.15, 0.2) is 22.6 Å². The highest BCUT2D eigenvalue weighted by molar-refractivity contribution is 7.71. The van der Waals surface area contributed by atoms with Gasteiger partial charge in [-0.25, -0.2) is 0 Å². The van der Waals surface area contributed by atoms with E-state index >= 15 is 0 Å². The van der Waals surface area contributed by atoms with E-state index in [-0.39, 0.29) is 5.41 Å². The Balaban J connectivity index is 2.83. The standard InChI is InChI=1S/C11H13NOS/c1-11(2,3)7-5-4-6-8-9(7)12-10(14)13-8/h4-6H,1-3H3,(H,12,14). The summed E-state index contributed by atoms with van der Waals surface area (Å²) in [5.41, 5.74) is 3.18. The third-order valence-corrected chi connectivity index (χ3v) is 2.45. The van der Waals surface area contributed by atoms with Crippen molar-refractivity contribution in [1.82, 2.24) is 4.98 Å². The molecule has 2 aromatic rings. The predicted octanol–water partition coefficient (Wildman–Crippen LogP) is 3.79. The Morgan fingerprint density at radius 2 is 2.00 bits per heavy atom. The number of hydrogen-bond donors (Lipinski definition) is 1. The van der Waals surface area contributed by atoms with E-state index in [9.17, 15) is 0 Å². The number of oxazole rings is 1. The van der Waals surface area contributed by atoms with Crippen molar-refractivity contribution in [3.63, 3.8) is 0 Å². The summed E-state index contributed by atoms with van der Waals surface area (Å²) in [7, 11) is 0. The van der Waals surface area contributed by atoms with Gasteiger partial charge in [-0.3, -0.25) is 0 Å². The Hall–Kier alpha value is -1.09. The van der Waals surface area contributed by atoms with Gasteiger partial charge in [-0.05, 0) is 29.3 Å². The van der Waals surface area contributed by atoms with Crippen molar-refractivity contribution in [3.8, 4) is 0 Å². The summed E-state index contributed by atoms with van der Waals surface area (Å²) in [6.45, 7) is 6.52. The molecule has 1 heterocycles. The third-order valence-electron chi connectivity index (χ3n) is 2.26. The first kappa shape index (κ1) is 9.46. The Morgan fingerprint density at radius 1 is 1.29 bits per heavy atom. The van der Waals surface area contributed by atoms with Gasteiger partial charge < -0.3 is 9.40 Å². The van der Waals surface area contributed by atoms with E-state index in [4.69, 9.17) is 16.6 Å². The van der Waals surface area contributed by atoms with Crippen LogP contribution in [0.5, 0.6) is 0 Å². The molecule has 0 aliphatic heterocycles. The van der Waals surface area contributed by atoms with Gasteiger partial charge in [0.2, 0.25) is 0 Å². The molecule has 14 heavy (non-hydrogen) atoms. The molecule has 0 spiro atoms. The van der Waals surface area contributed by atoms with E-state index in [1.165, 1.54) is 5.56 Å². The van der Waals surface area contributed by atoms with Gasteiger partial charge >= 0.3 is 0 Å². The molecule has 0 saturated carbocycles. The van der Waals surface area contributed by atoms with Crippen molar-refractivity contribution < 1.29 is 4.42 Å². The summed E-state index contributed by atoms with van der Waals surface area (Å²) in [6, 6.07) is 6.02. The Morgan fingerprint density at radius 3 is 2.64 bits per heavy atom. The van der Waals surface area contributed by atoms with Gasteiger partial charge in [-0.15, -0.1) is 0 Å². The van der Waals surface area contributed by atoms with Crippen LogP contribution in [0, 0.1) is 4.84 Å². The van der Waals surface area contributed by atoms with Gasteiger partial charge in [-0.2, -0.15) is 0 Å². The summed E-state index contributed by atoms with van der Waals surface area (Å²) in [6.07, 6.45) is 0. The van der Waals surface area contributed by atoms with E-state index in [2.05, 4.69) is 31.8 Å². The van der Waals surface area contributed by atoms with E-state index in [1.807, 2.05) is 12.1 Å². The zero-order valence-corrected chi connectivity index (χ0v) is 9.37. The molecule has 0 saturated heterocycles. The SMILES string of the molecule is CC(C)(C)c1cccc2oc(=S)[nH]c12. The molecular formula is C11H13NOS. The maximum absolute atomic E-state index is 5.36. The highest BCUT2D eigenvalue weighted by Crippen LogP contribution is 2.28. The summed E-state index contributed by atoms with van der Waals surface area (Å²) < 4.78 is 5.36. The van der Waals surface area contributed by atoms with Crippen molar-refractivity contribution >= 4 is 23.3 Å². The van der Waals surface area contributed by atoms with Crippen LogP contribution in [-0.4, -0.2) is 4.98 Å². The summed E-state index contributed by atoms with van der Waals surface area (Å²) in [4.78, 5) is 3.52. The number of hydrogen-bond acceptors (Lipinski definition) is 2. The van der Waals surface area contributed by atoms with Crippen LogP contribution in [0.2, 0.25) is 0 Å². The second-order valence-electron chi connectivity index (χ2n) is 4.44. The van der Waals surface area contributed by atoms with Gasteiger partial charge in [0.15, 0.2) is 5.58 Å². The zero-order chi connectivity index (χ0) is 10.3. The second kappa shape index (κ2) is 2.95. The fraction of sp³-hybridized carbons (Fsp3) is 0.364. The summed E-state index contributed by atoms with van der Waals surface area (Å²) in [5, 5.41) is 0. The fourth-order valence-electron chi connectivity index (χ4n) is 1.60. The molecule has 2 nitrogen and oxygen atoms in total. The molecule has 0 radical (unpaired) electrons. The lowest BCUT2D eigenvalue weighted by atomic mass is 9.86. The maximum atomic E-state index is 5.36. The molecule has 0 bridgehead atoms. The Kier molecular flexibility index (Phi) is 2.00.